The van der Waals surface area contributed by atoms with E-state index in [1.165, 1.54) is 12.5 Å². The number of carbonyl (C=O) groups excluding carboxylic acids is 2. The number of nitrogens with one attached hydrogen (secondary N) is 2. The Morgan fingerprint density at radius 1 is 0.933 bits per heavy atom. The van der Waals surface area contributed by atoms with Gasteiger partial charge in [0.1, 0.15) is 18.1 Å². The summed E-state index contributed by atoms with van der Waals surface area (Å²) in [6, 6.07) is 18.2. The summed E-state index contributed by atoms with van der Waals surface area (Å²) in [6.45, 7) is 6.04. The van der Waals surface area contributed by atoms with Crippen molar-refractivity contribution in [2.75, 3.05) is 10.6 Å². The lowest BCUT2D eigenvalue weighted by atomic mass is 9.99. The molecular formula is C24H26N2O4. The number of hydrogen-bond acceptors (Lipinski definition) is 4. The van der Waals surface area contributed by atoms with E-state index in [9.17, 15) is 9.59 Å². The zero-order valence-electron chi connectivity index (χ0n) is 17.4. The molecule has 1 atom stereocenters. The lowest BCUT2D eigenvalue weighted by molar-refractivity contribution is -0.114. The molecule has 0 bridgehead atoms. The zero-order chi connectivity index (χ0) is 21.5. The largest absolute Gasteiger partial charge is 0.486 e. The summed E-state index contributed by atoms with van der Waals surface area (Å²) < 4.78 is 11.4. The van der Waals surface area contributed by atoms with Crippen molar-refractivity contribution < 1.29 is 18.7 Å². The minimum atomic E-state index is -0.355. The van der Waals surface area contributed by atoms with Crippen LogP contribution in [-0.4, -0.2) is 11.8 Å². The molecular weight excluding hydrogens is 380 g/mol. The van der Waals surface area contributed by atoms with Gasteiger partial charge in [0.2, 0.25) is 5.91 Å². The smallest absolute Gasteiger partial charge is 0.291 e. The average Bonchev–Trinajstić information content (AvgIpc) is 3.22. The summed E-state index contributed by atoms with van der Waals surface area (Å²) in [4.78, 5) is 23.4. The summed E-state index contributed by atoms with van der Waals surface area (Å²) in [6.07, 6.45) is 1.09. The molecule has 6 nitrogen and oxygen atoms in total. The summed E-state index contributed by atoms with van der Waals surface area (Å²) >= 11 is 0. The molecule has 0 aliphatic heterocycles. The molecule has 2 amide bonds. The Kier molecular flexibility index (Phi) is 6.91. The van der Waals surface area contributed by atoms with Crippen LogP contribution in [-0.2, 0) is 11.4 Å². The third-order valence-corrected chi connectivity index (χ3v) is 4.79. The second-order valence-electron chi connectivity index (χ2n) is 7.15. The minimum Gasteiger partial charge on any atom is -0.486 e. The summed E-state index contributed by atoms with van der Waals surface area (Å²) in [7, 11) is 0. The van der Waals surface area contributed by atoms with Gasteiger partial charge in [-0.1, -0.05) is 26.0 Å². The van der Waals surface area contributed by atoms with Crippen LogP contribution in [0.25, 0.3) is 0 Å². The van der Waals surface area contributed by atoms with Crippen LogP contribution >= 0.6 is 0 Å². The Morgan fingerprint density at radius 2 is 1.57 bits per heavy atom. The first-order valence-corrected chi connectivity index (χ1v) is 9.95. The lowest BCUT2D eigenvalue weighted by Crippen LogP contribution is -2.11. The third kappa shape index (κ3) is 5.73. The SMILES string of the molecule is CCC(C)c1ccc(OCc2ccc(C(=O)Nc3ccc(NC(C)=O)cc3)o2)cc1. The number of ether oxygens (including phenoxy) is 1. The van der Waals surface area contributed by atoms with E-state index in [4.69, 9.17) is 9.15 Å². The Balaban J connectivity index is 1.54. The van der Waals surface area contributed by atoms with E-state index >= 15 is 0 Å². The Hall–Kier alpha value is -3.54. The average molecular weight is 406 g/mol. The predicted molar refractivity (Wildman–Crippen MR) is 117 cm³/mol. The van der Waals surface area contributed by atoms with Crippen molar-refractivity contribution in [3.05, 3.63) is 77.7 Å². The minimum absolute atomic E-state index is 0.149. The van der Waals surface area contributed by atoms with E-state index in [0.29, 0.717) is 23.1 Å². The Bertz CT molecular complexity index is 991. The van der Waals surface area contributed by atoms with Crippen molar-refractivity contribution in [1.29, 1.82) is 0 Å². The second kappa shape index (κ2) is 9.78. The molecule has 1 heterocycles. The van der Waals surface area contributed by atoms with Crippen LogP contribution in [0.1, 0.15) is 55.0 Å². The maximum atomic E-state index is 12.4. The fourth-order valence-corrected chi connectivity index (χ4v) is 2.89. The highest BCUT2D eigenvalue weighted by atomic mass is 16.5. The molecule has 6 heteroatoms. The van der Waals surface area contributed by atoms with Gasteiger partial charge in [-0.05, 0) is 66.4 Å². The van der Waals surface area contributed by atoms with E-state index in [1.54, 1.807) is 36.4 Å². The van der Waals surface area contributed by atoms with Crippen LogP contribution in [0.4, 0.5) is 11.4 Å². The topological polar surface area (TPSA) is 80.6 Å². The molecule has 3 rings (SSSR count). The lowest BCUT2D eigenvalue weighted by Gasteiger charge is -2.10. The van der Waals surface area contributed by atoms with Crippen LogP contribution in [0.5, 0.6) is 5.75 Å². The van der Waals surface area contributed by atoms with Gasteiger partial charge in [-0.15, -0.1) is 0 Å². The predicted octanol–water partition coefficient (Wildman–Crippen LogP) is 5.58. The van der Waals surface area contributed by atoms with Gasteiger partial charge in [-0.25, -0.2) is 0 Å². The van der Waals surface area contributed by atoms with E-state index in [2.05, 4.69) is 36.6 Å². The van der Waals surface area contributed by atoms with Gasteiger partial charge in [-0.3, -0.25) is 9.59 Å². The monoisotopic (exact) mass is 406 g/mol. The molecule has 3 aromatic rings. The van der Waals surface area contributed by atoms with E-state index in [-0.39, 0.29) is 24.2 Å². The van der Waals surface area contributed by atoms with Gasteiger partial charge >= 0.3 is 0 Å². The fraction of sp³-hybridized carbons (Fsp3) is 0.250. The summed E-state index contributed by atoms with van der Waals surface area (Å²) in [5.74, 6) is 1.53. The van der Waals surface area contributed by atoms with Crippen LogP contribution in [0.2, 0.25) is 0 Å². The van der Waals surface area contributed by atoms with Crippen molar-refractivity contribution >= 4 is 23.2 Å². The van der Waals surface area contributed by atoms with Gasteiger partial charge in [0.15, 0.2) is 5.76 Å². The first-order valence-electron chi connectivity index (χ1n) is 9.95. The molecule has 0 saturated carbocycles. The fourth-order valence-electron chi connectivity index (χ4n) is 2.89. The van der Waals surface area contributed by atoms with Crippen LogP contribution in [0.15, 0.2) is 65.1 Å². The van der Waals surface area contributed by atoms with Crippen molar-refractivity contribution in [3.63, 3.8) is 0 Å². The maximum Gasteiger partial charge on any atom is 0.291 e. The van der Waals surface area contributed by atoms with Gasteiger partial charge in [0, 0.05) is 18.3 Å². The van der Waals surface area contributed by atoms with E-state index in [0.717, 1.165) is 12.2 Å². The number of rotatable bonds is 8. The zero-order valence-corrected chi connectivity index (χ0v) is 17.4. The molecule has 0 fully saturated rings. The molecule has 156 valence electrons. The molecule has 0 aliphatic rings. The molecule has 1 aromatic heterocycles. The quantitative estimate of drug-likeness (QED) is 0.511. The molecule has 0 radical (unpaired) electrons. The van der Waals surface area contributed by atoms with Gasteiger partial charge in [0.05, 0.1) is 0 Å². The molecule has 0 saturated heterocycles. The number of furan rings is 1. The normalized spacial score (nSPS) is 11.6. The highest BCUT2D eigenvalue weighted by molar-refractivity contribution is 6.02. The second-order valence-corrected chi connectivity index (χ2v) is 7.15. The van der Waals surface area contributed by atoms with Crippen LogP contribution in [0.3, 0.4) is 0 Å². The Morgan fingerprint density at radius 3 is 2.17 bits per heavy atom. The van der Waals surface area contributed by atoms with Crippen LogP contribution < -0.4 is 15.4 Å². The molecule has 0 aliphatic carbocycles. The summed E-state index contributed by atoms with van der Waals surface area (Å²) in [5.41, 5.74) is 2.55. The maximum absolute atomic E-state index is 12.4. The Labute approximate surface area is 176 Å². The first kappa shape index (κ1) is 21.2. The van der Waals surface area contributed by atoms with Crippen molar-refractivity contribution in [1.82, 2.24) is 0 Å². The molecule has 2 aromatic carbocycles. The molecule has 0 spiro atoms. The number of anilines is 2. The van der Waals surface area contributed by atoms with E-state index in [1.807, 2.05) is 12.1 Å². The number of carbonyl (C=O) groups is 2. The van der Waals surface area contributed by atoms with Crippen molar-refractivity contribution in [2.24, 2.45) is 0 Å². The summed E-state index contributed by atoms with van der Waals surface area (Å²) in [5, 5.41) is 5.44. The van der Waals surface area contributed by atoms with Gasteiger partial charge in [0.25, 0.3) is 5.91 Å². The first-order chi connectivity index (χ1) is 14.4. The van der Waals surface area contributed by atoms with Crippen molar-refractivity contribution in [3.8, 4) is 5.75 Å². The van der Waals surface area contributed by atoms with Gasteiger partial charge in [-0.2, -0.15) is 0 Å². The van der Waals surface area contributed by atoms with E-state index < -0.39 is 0 Å². The van der Waals surface area contributed by atoms with Crippen molar-refractivity contribution in [2.45, 2.75) is 39.7 Å². The van der Waals surface area contributed by atoms with Crippen LogP contribution in [0, 0.1) is 0 Å². The highest BCUT2D eigenvalue weighted by Gasteiger charge is 2.12. The number of amides is 2. The highest BCUT2D eigenvalue weighted by Crippen LogP contribution is 2.22. The number of benzene rings is 2. The number of hydrogen-bond donors (Lipinski definition) is 2. The standard InChI is InChI=1S/C24H26N2O4/c1-4-16(2)18-5-11-21(12-6-18)29-15-22-13-14-23(30-22)24(28)26-20-9-7-19(8-10-20)25-17(3)27/h5-14,16H,4,15H2,1-3H3,(H,25,27)(H,26,28). The molecule has 1 unspecified atom stereocenters. The third-order valence-electron chi connectivity index (χ3n) is 4.79. The van der Waals surface area contributed by atoms with Gasteiger partial charge < -0.3 is 19.8 Å². The molecule has 2 N–H and O–H groups in total. The molecule has 30 heavy (non-hydrogen) atoms.